The largest absolute Gasteiger partial charge is 0.455 e. The molecule has 57 heavy (non-hydrogen) atoms. The summed E-state index contributed by atoms with van der Waals surface area (Å²) in [7, 11) is 0. The van der Waals surface area contributed by atoms with Gasteiger partial charge in [0.25, 0.3) is 0 Å². The van der Waals surface area contributed by atoms with Crippen LogP contribution < -0.4 is 4.90 Å². The smallest absolute Gasteiger partial charge is 0.143 e. The molecule has 0 spiro atoms. The molecule has 0 saturated carbocycles. The number of fused-ring (bicyclic) bond motifs is 7. The number of para-hydroxylation sites is 1. The van der Waals surface area contributed by atoms with Crippen molar-refractivity contribution in [2.45, 2.75) is 6.54 Å². The summed E-state index contributed by atoms with van der Waals surface area (Å²) < 4.78 is 6.83. The van der Waals surface area contributed by atoms with Crippen molar-refractivity contribution in [2.24, 2.45) is 0 Å². The normalized spacial score (nSPS) is 11.6. The van der Waals surface area contributed by atoms with Gasteiger partial charge in [-0.05, 0) is 79.2 Å². The van der Waals surface area contributed by atoms with Crippen LogP contribution in [0.3, 0.4) is 0 Å². The molecule has 0 aliphatic carbocycles. The fourth-order valence-electron chi connectivity index (χ4n) is 8.74. The number of hydrogen-bond donors (Lipinski definition) is 0. The molecule has 2 heteroatoms. The summed E-state index contributed by atoms with van der Waals surface area (Å²) in [6.07, 6.45) is 0. The molecule has 268 valence electrons. The van der Waals surface area contributed by atoms with E-state index in [1.165, 1.54) is 66.0 Å². The highest BCUT2D eigenvalue weighted by atomic mass is 16.3. The van der Waals surface area contributed by atoms with Crippen LogP contribution in [0.4, 0.5) is 11.4 Å². The van der Waals surface area contributed by atoms with Crippen LogP contribution >= 0.6 is 0 Å². The predicted octanol–water partition coefficient (Wildman–Crippen LogP) is 15.4. The zero-order valence-corrected chi connectivity index (χ0v) is 31.3. The van der Waals surface area contributed by atoms with E-state index < -0.39 is 0 Å². The molecule has 1 heterocycles. The van der Waals surface area contributed by atoms with Gasteiger partial charge in [-0.3, -0.25) is 0 Å². The Balaban J connectivity index is 0.992. The van der Waals surface area contributed by atoms with Crippen molar-refractivity contribution in [1.29, 1.82) is 0 Å². The molecule has 0 radical (unpaired) electrons. The maximum Gasteiger partial charge on any atom is 0.143 e. The fourth-order valence-corrected chi connectivity index (χ4v) is 8.74. The van der Waals surface area contributed by atoms with Crippen molar-refractivity contribution in [2.75, 3.05) is 4.90 Å². The van der Waals surface area contributed by atoms with Gasteiger partial charge in [-0.2, -0.15) is 0 Å². The molecule has 0 aliphatic rings. The summed E-state index contributed by atoms with van der Waals surface area (Å²) in [5.74, 6) is 0. The number of nitrogens with zero attached hydrogens (tertiary/aromatic N) is 1. The number of anilines is 2. The Morgan fingerprint density at radius 2 is 0.825 bits per heavy atom. The Labute approximate surface area is 331 Å². The maximum atomic E-state index is 6.83. The minimum Gasteiger partial charge on any atom is -0.455 e. The van der Waals surface area contributed by atoms with E-state index in [0.29, 0.717) is 6.54 Å². The average molecular weight is 728 g/mol. The van der Waals surface area contributed by atoms with Crippen LogP contribution in [0, 0.1) is 0 Å². The van der Waals surface area contributed by atoms with Crippen LogP contribution in [-0.4, -0.2) is 0 Å². The quantitative estimate of drug-likeness (QED) is 0.163. The molecule has 0 saturated heterocycles. The van der Waals surface area contributed by atoms with E-state index in [-0.39, 0.29) is 0 Å². The van der Waals surface area contributed by atoms with Crippen molar-refractivity contribution in [3.63, 3.8) is 0 Å². The average Bonchev–Trinajstić information content (AvgIpc) is 3.68. The molecular weight excluding hydrogens is 691 g/mol. The fraction of sp³-hybridized carbons (Fsp3) is 0.0182. The van der Waals surface area contributed by atoms with Crippen LogP contribution in [0.2, 0.25) is 0 Å². The van der Waals surface area contributed by atoms with Crippen molar-refractivity contribution in [3.05, 3.63) is 218 Å². The highest BCUT2D eigenvalue weighted by Gasteiger charge is 2.19. The minimum atomic E-state index is 0.669. The van der Waals surface area contributed by atoms with Gasteiger partial charge < -0.3 is 9.32 Å². The number of benzene rings is 10. The third kappa shape index (κ3) is 5.73. The lowest BCUT2D eigenvalue weighted by Gasteiger charge is -2.28. The highest BCUT2D eigenvalue weighted by Crippen LogP contribution is 2.42. The first-order valence-electron chi connectivity index (χ1n) is 19.6. The number of furan rings is 1. The zero-order chi connectivity index (χ0) is 37.7. The molecule has 1 aromatic heterocycles. The third-order valence-electron chi connectivity index (χ3n) is 11.6. The minimum absolute atomic E-state index is 0.669. The first-order valence-corrected chi connectivity index (χ1v) is 19.6. The van der Waals surface area contributed by atoms with E-state index in [2.05, 4.69) is 217 Å². The predicted molar refractivity (Wildman–Crippen MR) is 241 cm³/mol. The summed E-state index contributed by atoms with van der Waals surface area (Å²) >= 11 is 0. The number of rotatable bonds is 7. The van der Waals surface area contributed by atoms with Gasteiger partial charge in [-0.25, -0.2) is 0 Å². The number of hydrogen-bond acceptors (Lipinski definition) is 2. The Bertz CT molecular complexity index is 3250. The molecule has 0 unspecified atom stereocenters. The van der Waals surface area contributed by atoms with Crippen LogP contribution in [0.25, 0.3) is 87.6 Å². The van der Waals surface area contributed by atoms with Gasteiger partial charge in [-0.15, -0.1) is 0 Å². The lowest BCUT2D eigenvalue weighted by molar-refractivity contribution is 0.673. The monoisotopic (exact) mass is 727 g/mol. The molecule has 0 amide bonds. The Morgan fingerprint density at radius 1 is 0.316 bits per heavy atom. The zero-order valence-electron chi connectivity index (χ0n) is 31.3. The molecule has 11 rings (SSSR count). The SMILES string of the molecule is c1ccc(-c2cccc3c2oc2c4ccccc4ccc32)c(CN(c2ccc(-c3ccc(-c4cccc5ccccc45)cc3)cc2)c2cccc3ccccc23)c1. The lowest BCUT2D eigenvalue weighted by atomic mass is 9.96. The summed E-state index contributed by atoms with van der Waals surface area (Å²) in [6.45, 7) is 0.669. The Kier molecular flexibility index (Phi) is 7.93. The van der Waals surface area contributed by atoms with Crippen molar-refractivity contribution < 1.29 is 4.42 Å². The molecule has 0 atom stereocenters. The van der Waals surface area contributed by atoms with E-state index in [9.17, 15) is 0 Å². The van der Waals surface area contributed by atoms with E-state index in [1.807, 2.05) is 0 Å². The van der Waals surface area contributed by atoms with Crippen LogP contribution in [-0.2, 0) is 6.54 Å². The second-order valence-electron chi connectivity index (χ2n) is 14.8. The molecule has 0 N–H and O–H groups in total. The molecule has 0 fully saturated rings. The van der Waals surface area contributed by atoms with Crippen molar-refractivity contribution in [3.8, 4) is 33.4 Å². The van der Waals surface area contributed by atoms with E-state index in [0.717, 1.165) is 38.6 Å². The van der Waals surface area contributed by atoms with Crippen molar-refractivity contribution in [1.82, 2.24) is 0 Å². The summed E-state index contributed by atoms with van der Waals surface area (Å²) in [5.41, 5.74) is 12.5. The second-order valence-corrected chi connectivity index (χ2v) is 14.8. The van der Waals surface area contributed by atoms with Gasteiger partial charge >= 0.3 is 0 Å². The van der Waals surface area contributed by atoms with Gasteiger partial charge in [0.2, 0.25) is 0 Å². The molecule has 11 aromatic rings. The molecule has 2 nitrogen and oxygen atoms in total. The standard InChI is InChI=1S/C55H37NO/c1-5-18-45-39(12-1)16-9-22-46(45)42-28-26-37(27-29-42)38-30-33-44(34-31-38)56(53-25-10-17-40-13-2-7-20-48(40)53)36-43-15-4-6-19-47(43)50-23-11-24-51-52-35-32-41-14-3-8-21-49(41)54(52)57-55(50)51/h1-35H,36H2. The molecule has 0 aliphatic heterocycles. The van der Waals surface area contributed by atoms with Crippen LogP contribution in [0.15, 0.2) is 217 Å². The van der Waals surface area contributed by atoms with Gasteiger partial charge in [0.1, 0.15) is 11.2 Å². The van der Waals surface area contributed by atoms with Gasteiger partial charge in [0.05, 0.1) is 0 Å². The van der Waals surface area contributed by atoms with Gasteiger partial charge in [0, 0.05) is 45.0 Å². The lowest BCUT2D eigenvalue weighted by Crippen LogP contribution is -2.17. The summed E-state index contributed by atoms with van der Waals surface area (Å²) in [6, 6.07) is 76.6. The van der Waals surface area contributed by atoms with Gasteiger partial charge in [-0.1, -0.05) is 188 Å². The van der Waals surface area contributed by atoms with E-state index in [1.54, 1.807) is 0 Å². The molecule has 10 aromatic carbocycles. The third-order valence-corrected chi connectivity index (χ3v) is 11.6. The Hall–Kier alpha value is -7.42. The Morgan fingerprint density at radius 3 is 1.61 bits per heavy atom. The first-order chi connectivity index (χ1) is 28.3. The first kappa shape index (κ1) is 33.0. The van der Waals surface area contributed by atoms with E-state index in [4.69, 9.17) is 4.42 Å². The summed E-state index contributed by atoms with van der Waals surface area (Å²) in [4.78, 5) is 2.46. The highest BCUT2D eigenvalue weighted by molar-refractivity contribution is 6.17. The van der Waals surface area contributed by atoms with Crippen molar-refractivity contribution >= 4 is 65.6 Å². The topological polar surface area (TPSA) is 16.4 Å². The summed E-state index contributed by atoms with van der Waals surface area (Å²) in [5, 5.41) is 9.56. The van der Waals surface area contributed by atoms with Crippen LogP contribution in [0.5, 0.6) is 0 Å². The van der Waals surface area contributed by atoms with E-state index >= 15 is 0 Å². The molecule has 0 bridgehead atoms. The maximum absolute atomic E-state index is 6.83. The van der Waals surface area contributed by atoms with Gasteiger partial charge in [0.15, 0.2) is 0 Å². The second kappa shape index (κ2) is 13.7. The van der Waals surface area contributed by atoms with Crippen LogP contribution in [0.1, 0.15) is 5.56 Å². The molecular formula is C55H37NO.